The summed E-state index contributed by atoms with van der Waals surface area (Å²) < 4.78 is 11.4. The minimum absolute atomic E-state index is 0.263. The van der Waals surface area contributed by atoms with Gasteiger partial charge in [0.25, 0.3) is 5.91 Å². The number of ether oxygens (including phenoxy) is 2. The van der Waals surface area contributed by atoms with Crippen LogP contribution in [0.1, 0.15) is 40.4 Å². The fourth-order valence-electron chi connectivity index (χ4n) is 3.21. The van der Waals surface area contributed by atoms with E-state index in [2.05, 4.69) is 26.5 Å². The maximum Gasteiger partial charge on any atom is 0.272 e. The number of nitrogens with zero attached hydrogens (tertiary/aromatic N) is 2. The van der Waals surface area contributed by atoms with Crippen molar-refractivity contribution in [3.8, 4) is 11.5 Å². The van der Waals surface area contributed by atoms with Crippen LogP contribution in [0.15, 0.2) is 52.0 Å². The molecule has 148 valence electrons. The van der Waals surface area contributed by atoms with Crippen LogP contribution in [-0.4, -0.2) is 31.3 Å². The number of amides is 1. The second-order valence-electron chi connectivity index (χ2n) is 6.82. The van der Waals surface area contributed by atoms with Crippen molar-refractivity contribution in [2.75, 3.05) is 14.2 Å². The van der Waals surface area contributed by atoms with Crippen LogP contribution in [0.3, 0.4) is 0 Å². The van der Waals surface area contributed by atoms with Gasteiger partial charge in [0.15, 0.2) is 11.5 Å². The van der Waals surface area contributed by atoms with Gasteiger partial charge in [-0.05, 0) is 58.6 Å². The molecular weight excluding hydrogens is 434 g/mol. The summed E-state index contributed by atoms with van der Waals surface area (Å²) >= 11 is 3.45. The largest absolute Gasteiger partial charge is 0.493 e. The number of nitrogens with one attached hydrogen (secondary N) is 1. The Morgan fingerprint density at radius 1 is 1.21 bits per heavy atom. The van der Waals surface area contributed by atoms with Crippen LogP contribution in [0.25, 0.3) is 10.9 Å². The molecule has 0 bridgehead atoms. The third-order valence-corrected chi connectivity index (χ3v) is 5.40. The summed E-state index contributed by atoms with van der Waals surface area (Å²) in [6.45, 7) is 0. The highest BCUT2D eigenvalue weighted by molar-refractivity contribution is 9.10. The standard InChI is InChI=1S/C22H20BrN3O3/c1-28-20-10-13(9-17(23)21(20)29-2)12-24-26-22(27)16-11-19(14-7-8-14)25-18-6-4-3-5-15(16)18/h3-6,9-12,14H,7-8H2,1-2H3,(H,26,27). The Kier molecular flexibility index (Phi) is 5.49. The number of hydrazone groups is 1. The van der Waals surface area contributed by atoms with E-state index in [9.17, 15) is 4.79 Å². The molecule has 1 heterocycles. The molecule has 0 spiro atoms. The van der Waals surface area contributed by atoms with Crippen LogP contribution in [0.2, 0.25) is 0 Å². The molecule has 6 nitrogen and oxygen atoms in total. The van der Waals surface area contributed by atoms with E-state index in [4.69, 9.17) is 14.5 Å². The second kappa shape index (κ2) is 8.21. The average molecular weight is 454 g/mol. The minimum Gasteiger partial charge on any atom is -0.493 e. The first-order chi connectivity index (χ1) is 14.1. The third-order valence-electron chi connectivity index (χ3n) is 4.81. The van der Waals surface area contributed by atoms with E-state index in [0.29, 0.717) is 23.0 Å². The number of halogens is 1. The number of carbonyl (C=O) groups is 1. The zero-order chi connectivity index (χ0) is 20.4. The lowest BCUT2D eigenvalue weighted by molar-refractivity contribution is 0.0956. The molecular formula is C22H20BrN3O3. The normalized spacial score (nSPS) is 13.6. The van der Waals surface area contributed by atoms with E-state index >= 15 is 0 Å². The van der Waals surface area contributed by atoms with Crippen molar-refractivity contribution in [2.45, 2.75) is 18.8 Å². The van der Waals surface area contributed by atoms with Gasteiger partial charge in [-0.1, -0.05) is 18.2 Å². The van der Waals surface area contributed by atoms with Gasteiger partial charge in [-0.25, -0.2) is 5.43 Å². The van der Waals surface area contributed by atoms with Crippen LogP contribution < -0.4 is 14.9 Å². The highest BCUT2D eigenvalue weighted by Crippen LogP contribution is 2.40. The molecule has 1 fully saturated rings. The fourth-order valence-corrected chi connectivity index (χ4v) is 3.83. The van der Waals surface area contributed by atoms with Crippen molar-refractivity contribution < 1.29 is 14.3 Å². The maximum absolute atomic E-state index is 12.8. The zero-order valence-electron chi connectivity index (χ0n) is 16.1. The summed E-state index contributed by atoms with van der Waals surface area (Å²) in [4.78, 5) is 17.5. The van der Waals surface area contributed by atoms with Gasteiger partial charge in [-0.2, -0.15) is 5.10 Å². The van der Waals surface area contributed by atoms with Crippen molar-refractivity contribution in [1.82, 2.24) is 10.4 Å². The van der Waals surface area contributed by atoms with E-state index in [1.807, 2.05) is 36.4 Å². The van der Waals surface area contributed by atoms with E-state index in [0.717, 1.165) is 39.5 Å². The Labute approximate surface area is 177 Å². The average Bonchev–Trinajstić information content (AvgIpc) is 3.57. The molecule has 0 unspecified atom stereocenters. The Balaban J connectivity index is 1.58. The van der Waals surface area contributed by atoms with Gasteiger partial charge in [0.1, 0.15) is 0 Å². The third kappa shape index (κ3) is 4.10. The number of hydrogen-bond donors (Lipinski definition) is 1. The topological polar surface area (TPSA) is 72.8 Å². The highest BCUT2D eigenvalue weighted by Gasteiger charge is 2.26. The summed E-state index contributed by atoms with van der Waals surface area (Å²) in [6.07, 6.45) is 3.81. The van der Waals surface area contributed by atoms with E-state index in [1.54, 1.807) is 26.5 Å². The summed E-state index contributed by atoms with van der Waals surface area (Å²) in [7, 11) is 3.14. The van der Waals surface area contributed by atoms with Gasteiger partial charge in [0, 0.05) is 17.0 Å². The molecule has 7 heteroatoms. The maximum atomic E-state index is 12.8. The number of aromatic nitrogens is 1. The summed E-state index contributed by atoms with van der Waals surface area (Å²) in [5.41, 5.74) is 5.77. The molecule has 1 aliphatic rings. The van der Waals surface area contributed by atoms with Crippen LogP contribution in [-0.2, 0) is 0 Å². The monoisotopic (exact) mass is 453 g/mol. The predicted molar refractivity (Wildman–Crippen MR) is 116 cm³/mol. The van der Waals surface area contributed by atoms with Crippen molar-refractivity contribution in [1.29, 1.82) is 0 Å². The van der Waals surface area contributed by atoms with Crippen molar-refractivity contribution in [3.05, 3.63) is 63.8 Å². The smallest absolute Gasteiger partial charge is 0.272 e. The Bertz CT molecular complexity index is 1110. The van der Waals surface area contributed by atoms with Crippen LogP contribution in [0.5, 0.6) is 11.5 Å². The molecule has 0 atom stereocenters. The Hall–Kier alpha value is -2.93. The van der Waals surface area contributed by atoms with Gasteiger partial charge in [-0.15, -0.1) is 0 Å². The van der Waals surface area contributed by atoms with E-state index in [1.165, 1.54) is 0 Å². The SMILES string of the molecule is COc1cc(C=NNC(=O)c2cc(C3CC3)nc3ccccc23)cc(Br)c1OC. The molecule has 0 saturated heterocycles. The van der Waals surface area contributed by atoms with Gasteiger partial charge in [0.2, 0.25) is 0 Å². The number of methoxy groups -OCH3 is 2. The zero-order valence-corrected chi connectivity index (χ0v) is 17.7. The van der Waals surface area contributed by atoms with Crippen LogP contribution in [0, 0.1) is 0 Å². The van der Waals surface area contributed by atoms with Crippen molar-refractivity contribution >= 4 is 39.0 Å². The molecule has 2 aromatic carbocycles. The Morgan fingerprint density at radius 3 is 2.72 bits per heavy atom. The quantitative estimate of drug-likeness (QED) is 0.435. The molecule has 0 aliphatic heterocycles. The van der Waals surface area contributed by atoms with Gasteiger partial charge >= 0.3 is 0 Å². The molecule has 1 aromatic heterocycles. The lowest BCUT2D eigenvalue weighted by Crippen LogP contribution is -2.18. The van der Waals surface area contributed by atoms with Gasteiger partial charge in [-0.3, -0.25) is 9.78 Å². The summed E-state index contributed by atoms with van der Waals surface area (Å²) in [5.74, 6) is 1.37. The van der Waals surface area contributed by atoms with Crippen molar-refractivity contribution in [3.63, 3.8) is 0 Å². The van der Waals surface area contributed by atoms with Crippen molar-refractivity contribution in [2.24, 2.45) is 5.10 Å². The van der Waals surface area contributed by atoms with E-state index < -0.39 is 0 Å². The molecule has 1 N–H and O–H groups in total. The molecule has 29 heavy (non-hydrogen) atoms. The molecule has 1 aliphatic carbocycles. The van der Waals surface area contributed by atoms with Crippen LogP contribution >= 0.6 is 15.9 Å². The number of rotatable bonds is 6. The Morgan fingerprint density at radius 2 is 2.00 bits per heavy atom. The first kappa shape index (κ1) is 19.4. The number of benzene rings is 2. The fraction of sp³-hybridized carbons (Fsp3) is 0.227. The predicted octanol–water partition coefficient (Wildman–Crippen LogP) is 4.66. The molecule has 3 aromatic rings. The number of pyridine rings is 1. The minimum atomic E-state index is -0.263. The summed E-state index contributed by atoms with van der Waals surface area (Å²) in [5, 5.41) is 4.94. The van der Waals surface area contributed by atoms with Gasteiger partial charge < -0.3 is 9.47 Å². The lowest BCUT2D eigenvalue weighted by atomic mass is 10.1. The van der Waals surface area contributed by atoms with Gasteiger partial charge in [0.05, 0.1) is 36.0 Å². The second-order valence-corrected chi connectivity index (χ2v) is 7.68. The molecule has 4 rings (SSSR count). The molecule has 1 amide bonds. The van der Waals surface area contributed by atoms with E-state index in [-0.39, 0.29) is 5.91 Å². The molecule has 1 saturated carbocycles. The molecule has 0 radical (unpaired) electrons. The summed E-state index contributed by atoms with van der Waals surface area (Å²) in [6, 6.07) is 13.2. The van der Waals surface area contributed by atoms with Crippen LogP contribution in [0.4, 0.5) is 0 Å². The number of fused-ring (bicyclic) bond motifs is 1. The number of carbonyl (C=O) groups excluding carboxylic acids is 1. The highest BCUT2D eigenvalue weighted by atomic mass is 79.9. The number of para-hydroxylation sites is 1. The first-order valence-electron chi connectivity index (χ1n) is 9.25. The lowest BCUT2D eigenvalue weighted by Gasteiger charge is -2.10. The number of hydrogen-bond acceptors (Lipinski definition) is 5. The first-order valence-corrected chi connectivity index (χ1v) is 10.0.